The van der Waals surface area contributed by atoms with E-state index in [0.29, 0.717) is 24.5 Å². The smallest absolute Gasteiger partial charge is 0.434 e. The van der Waals surface area contributed by atoms with Gasteiger partial charge in [-0.1, -0.05) is 0 Å². The summed E-state index contributed by atoms with van der Waals surface area (Å²) >= 11 is 0. The van der Waals surface area contributed by atoms with Gasteiger partial charge in [0, 0.05) is 55.4 Å². The number of amides is 2. The fourth-order valence-corrected chi connectivity index (χ4v) is 5.98. The maximum Gasteiger partial charge on any atom is 0.434 e. The van der Waals surface area contributed by atoms with E-state index in [0.717, 1.165) is 72.2 Å². The molecule has 3 aliphatic heterocycles. The summed E-state index contributed by atoms with van der Waals surface area (Å²) in [6.07, 6.45) is 10.3. The molecule has 0 aliphatic carbocycles. The molecule has 0 radical (unpaired) electrons. The molecule has 0 spiro atoms. The molecule has 2 saturated heterocycles. The third-order valence-electron chi connectivity index (χ3n) is 8.07. The molecule has 3 N–H and O–H groups in total. The molecule has 2 amide bonds. The molecule has 0 atom stereocenters. The predicted molar refractivity (Wildman–Crippen MR) is 174 cm³/mol. The van der Waals surface area contributed by atoms with Gasteiger partial charge in [0.1, 0.15) is 34.7 Å². The highest BCUT2D eigenvalue weighted by atomic mass is 16.6. The van der Waals surface area contributed by atoms with Crippen LogP contribution in [0.3, 0.4) is 0 Å². The number of aliphatic imine (C=N–C) groups is 1. The zero-order valence-corrected chi connectivity index (χ0v) is 26.3. The molecule has 3 aliphatic rings. The Hall–Kier alpha value is -4.48. The zero-order valence-electron chi connectivity index (χ0n) is 26.3. The van der Waals surface area contributed by atoms with Gasteiger partial charge in [0.2, 0.25) is 5.82 Å². The van der Waals surface area contributed by atoms with E-state index in [-0.39, 0.29) is 5.91 Å². The third-order valence-corrected chi connectivity index (χ3v) is 8.07. The van der Waals surface area contributed by atoms with Crippen LogP contribution in [0.15, 0.2) is 53.9 Å². The van der Waals surface area contributed by atoms with Gasteiger partial charge in [-0.25, -0.2) is 9.78 Å². The first-order valence-electron chi connectivity index (χ1n) is 15.7. The molecule has 0 saturated carbocycles. The van der Waals surface area contributed by atoms with Crippen LogP contribution in [0.25, 0.3) is 11.8 Å². The van der Waals surface area contributed by atoms with Crippen molar-refractivity contribution in [2.45, 2.75) is 65.0 Å². The number of rotatable bonds is 6. The van der Waals surface area contributed by atoms with Crippen molar-refractivity contribution in [3.8, 4) is 0 Å². The molecule has 0 unspecified atom stereocenters. The number of nitrogens with two attached hydrogens (primary N) is 1. The number of fused-ring (bicyclic) bond motifs is 1. The highest BCUT2D eigenvalue weighted by Gasteiger charge is 2.27. The predicted octanol–water partition coefficient (Wildman–Crippen LogP) is 4.79. The van der Waals surface area contributed by atoms with Gasteiger partial charge in [0.25, 0.3) is 5.91 Å². The number of anilines is 2. The van der Waals surface area contributed by atoms with E-state index in [9.17, 15) is 9.59 Å². The first-order valence-corrected chi connectivity index (χ1v) is 15.7. The largest absolute Gasteiger partial charge is 0.442 e. The molecule has 234 valence electrons. The number of pyridine rings is 1. The molecule has 1 aromatic carbocycles. The topological polar surface area (TPSA) is 130 Å². The first kappa shape index (κ1) is 30.5. The van der Waals surface area contributed by atoms with Crippen LogP contribution in [-0.2, 0) is 11.3 Å². The minimum absolute atomic E-state index is 0.268. The van der Waals surface area contributed by atoms with Gasteiger partial charge in [-0.2, -0.15) is 9.98 Å². The summed E-state index contributed by atoms with van der Waals surface area (Å²) in [6, 6.07) is 11.6. The number of carbonyl (C=O) groups excluding carboxylic acids is 2. The van der Waals surface area contributed by atoms with Crippen LogP contribution in [0.5, 0.6) is 0 Å². The lowest BCUT2D eigenvalue weighted by Gasteiger charge is -2.28. The van der Waals surface area contributed by atoms with Gasteiger partial charge in [0.15, 0.2) is 0 Å². The summed E-state index contributed by atoms with van der Waals surface area (Å²) in [6.45, 7) is 9.65. The van der Waals surface area contributed by atoms with Crippen LogP contribution in [-0.4, -0.2) is 69.3 Å². The molecule has 0 bridgehead atoms. The number of piperidine rings is 2. The van der Waals surface area contributed by atoms with Gasteiger partial charge < -0.3 is 15.0 Å². The van der Waals surface area contributed by atoms with Crippen molar-refractivity contribution in [2.24, 2.45) is 4.99 Å². The van der Waals surface area contributed by atoms with Crippen molar-refractivity contribution in [3.05, 3.63) is 71.3 Å². The number of nitrogens with zero attached hydrogens (tertiary/aromatic N) is 6. The van der Waals surface area contributed by atoms with Crippen LogP contribution < -0.4 is 15.5 Å². The highest BCUT2D eigenvalue weighted by Crippen LogP contribution is 2.31. The van der Waals surface area contributed by atoms with Crippen LogP contribution in [0.2, 0.25) is 0 Å². The van der Waals surface area contributed by atoms with Crippen LogP contribution in [0.1, 0.15) is 80.1 Å². The van der Waals surface area contributed by atoms with E-state index in [4.69, 9.17) is 4.74 Å². The Morgan fingerprint density at radius 3 is 2.58 bits per heavy atom. The minimum atomic E-state index is -0.573. The number of hydrogen-bond acceptors (Lipinski definition) is 8. The Kier molecular flexibility index (Phi) is 8.99. The number of quaternary nitrogens is 1. The Bertz CT molecular complexity index is 1620. The number of likely N-dealkylation sites (tertiary alicyclic amines) is 1. The lowest BCUT2D eigenvalue weighted by atomic mass is 10.1. The lowest BCUT2D eigenvalue weighted by Crippen LogP contribution is -2.73. The van der Waals surface area contributed by atoms with Crippen LogP contribution in [0.4, 0.5) is 22.1 Å². The molecule has 2 fully saturated rings. The molecular weight excluding hydrogens is 568 g/mol. The Morgan fingerprint density at radius 1 is 1.00 bits per heavy atom. The first-order chi connectivity index (χ1) is 21.7. The van der Waals surface area contributed by atoms with Crippen molar-refractivity contribution in [1.82, 2.24) is 19.9 Å². The Labute approximate surface area is 263 Å². The molecule has 6 rings (SSSR count). The second-order valence-electron chi connectivity index (χ2n) is 12.8. The number of hydrogen-bond donors (Lipinski definition) is 2. The summed E-state index contributed by atoms with van der Waals surface area (Å²) in [4.78, 5) is 47.5. The van der Waals surface area contributed by atoms with E-state index >= 15 is 0 Å². The molecule has 2 aromatic heterocycles. The highest BCUT2D eigenvalue weighted by molar-refractivity contribution is 6.03. The summed E-state index contributed by atoms with van der Waals surface area (Å²) in [5.74, 6) is 1.69. The lowest BCUT2D eigenvalue weighted by molar-refractivity contribution is -0.469. The molecule has 5 heterocycles. The van der Waals surface area contributed by atoms with Crippen molar-refractivity contribution in [1.29, 1.82) is 0 Å². The van der Waals surface area contributed by atoms with Crippen molar-refractivity contribution in [3.63, 3.8) is 0 Å². The Morgan fingerprint density at radius 2 is 1.80 bits per heavy atom. The number of carbonyl (C=O) groups is 2. The molecule has 45 heavy (non-hydrogen) atoms. The minimum Gasteiger partial charge on any atom is -0.442 e. The van der Waals surface area contributed by atoms with E-state index in [1.165, 1.54) is 19.3 Å². The standard InChI is InChI=1S/C34H40N8O3/c1-34(2,3)45-33(44)39-26-8-7-15-41(21-26)20-23-13-14-35-29(18-23)32(43)38-25-11-9-24(10-12-25)28-19-27-30(40-28)36-22-37-31(27)42-16-5-4-6-17-42/h9-14,18-19,22H,4-8,15-17,20-21H2,1-3H3,(H,38,43)(H,36,37,40)/p+1/b39-26+. The maximum absolute atomic E-state index is 13.1. The number of benzene rings is 1. The SMILES string of the molecule is CC(C)(C)OC(=O)/N=C1\CCCN(Cc2ccnc(C(=O)Nc3ccc(C4=Cc5c(ncnc5N5CCCCC5)[NH2+]4)cc3)c2)C1. The summed E-state index contributed by atoms with van der Waals surface area (Å²) in [5.41, 5.74) is 5.46. The van der Waals surface area contributed by atoms with Gasteiger partial charge in [0.05, 0.1) is 0 Å². The molecule has 3 aromatic rings. The van der Waals surface area contributed by atoms with E-state index in [1.54, 1.807) is 12.5 Å². The van der Waals surface area contributed by atoms with E-state index < -0.39 is 11.7 Å². The van der Waals surface area contributed by atoms with Crippen molar-refractivity contribution in [2.75, 3.05) is 36.4 Å². The van der Waals surface area contributed by atoms with Gasteiger partial charge in [-0.15, -0.1) is 0 Å². The number of aromatic nitrogens is 3. The summed E-state index contributed by atoms with van der Waals surface area (Å²) in [5, 5.41) is 5.08. The maximum atomic E-state index is 13.1. The monoisotopic (exact) mass is 609 g/mol. The number of ether oxygens (including phenoxy) is 1. The molecule has 11 nitrogen and oxygen atoms in total. The van der Waals surface area contributed by atoms with Crippen LogP contribution in [0, 0.1) is 0 Å². The van der Waals surface area contributed by atoms with Crippen molar-refractivity contribution < 1.29 is 19.6 Å². The second kappa shape index (κ2) is 13.3. The molecular formula is C34H41N8O3+. The number of nitrogens with one attached hydrogen (secondary N) is 1. The van der Waals surface area contributed by atoms with Crippen LogP contribution >= 0.6 is 0 Å². The fourth-order valence-electron chi connectivity index (χ4n) is 5.98. The van der Waals surface area contributed by atoms with Gasteiger partial charge >= 0.3 is 6.09 Å². The van der Waals surface area contributed by atoms with Crippen molar-refractivity contribution >= 4 is 46.8 Å². The quantitative estimate of drug-likeness (QED) is 0.408. The van der Waals surface area contributed by atoms with E-state index in [2.05, 4.69) is 46.5 Å². The summed E-state index contributed by atoms with van der Waals surface area (Å²) < 4.78 is 5.35. The molecule has 11 heteroatoms. The zero-order chi connectivity index (χ0) is 31.4. The normalized spacial score (nSPS) is 18.0. The Balaban J connectivity index is 1.07. The van der Waals surface area contributed by atoms with Gasteiger partial charge in [-0.05, 0) is 101 Å². The second-order valence-corrected chi connectivity index (χ2v) is 12.8. The average Bonchev–Trinajstić information content (AvgIpc) is 3.46. The van der Waals surface area contributed by atoms with Gasteiger partial charge in [-0.3, -0.25) is 20.0 Å². The average molecular weight is 610 g/mol. The third kappa shape index (κ3) is 7.79. The van der Waals surface area contributed by atoms with E-state index in [1.807, 2.05) is 57.2 Å². The fraction of sp³-hybridized carbons (Fsp3) is 0.412. The summed E-state index contributed by atoms with van der Waals surface area (Å²) in [7, 11) is 0.